The summed E-state index contributed by atoms with van der Waals surface area (Å²) in [6.07, 6.45) is 3.79. The van der Waals surface area contributed by atoms with E-state index in [0.717, 1.165) is 11.0 Å². The van der Waals surface area contributed by atoms with Crippen molar-refractivity contribution in [2.24, 2.45) is 5.73 Å². The molecule has 0 amide bonds. The zero-order chi connectivity index (χ0) is 9.26. The molecule has 0 aliphatic heterocycles. The number of nitrogens with two attached hydrogens (primary N) is 1. The van der Waals surface area contributed by atoms with Gasteiger partial charge in [-0.3, -0.25) is 4.98 Å². The van der Waals surface area contributed by atoms with E-state index in [0.29, 0.717) is 12.5 Å². The molecule has 0 radical (unpaired) electrons. The minimum absolute atomic E-state index is 0.375. The second-order valence-electron chi connectivity index (χ2n) is 3.32. The molecule has 0 aromatic carbocycles. The second-order valence-corrected chi connectivity index (χ2v) is 3.32. The van der Waals surface area contributed by atoms with E-state index in [4.69, 9.17) is 5.73 Å². The van der Waals surface area contributed by atoms with Crippen LogP contribution >= 0.6 is 0 Å². The summed E-state index contributed by atoms with van der Waals surface area (Å²) < 4.78 is 0. The van der Waals surface area contributed by atoms with Crippen molar-refractivity contribution in [3.05, 3.63) is 30.1 Å². The molecule has 0 fully saturated rings. The van der Waals surface area contributed by atoms with Gasteiger partial charge in [0.15, 0.2) is 0 Å². The lowest BCUT2D eigenvalue weighted by atomic mass is 10.0. The van der Waals surface area contributed by atoms with E-state index in [1.54, 1.807) is 0 Å². The fraction of sp³-hybridized carbons (Fsp3) is 0.300. The fourth-order valence-electron chi connectivity index (χ4n) is 1.36. The molecule has 13 heavy (non-hydrogen) atoms. The van der Waals surface area contributed by atoms with Crippen molar-refractivity contribution in [1.82, 2.24) is 9.97 Å². The van der Waals surface area contributed by atoms with Crippen LogP contribution in [0.4, 0.5) is 0 Å². The van der Waals surface area contributed by atoms with Gasteiger partial charge in [0.25, 0.3) is 0 Å². The highest BCUT2D eigenvalue weighted by molar-refractivity contribution is 5.75. The van der Waals surface area contributed by atoms with E-state index in [-0.39, 0.29) is 0 Å². The number of aromatic amines is 1. The number of hydrogen-bond donors (Lipinski definition) is 2. The van der Waals surface area contributed by atoms with Crippen LogP contribution in [0.5, 0.6) is 0 Å². The Bertz CT molecular complexity index is 405. The largest absolute Gasteiger partial charge is 0.360 e. The van der Waals surface area contributed by atoms with Crippen LogP contribution in [0.15, 0.2) is 24.5 Å². The van der Waals surface area contributed by atoms with Gasteiger partial charge in [-0.05, 0) is 30.2 Å². The summed E-state index contributed by atoms with van der Waals surface area (Å²) in [6, 6.07) is 4.08. The first kappa shape index (κ1) is 8.26. The van der Waals surface area contributed by atoms with E-state index < -0.39 is 0 Å². The fourth-order valence-corrected chi connectivity index (χ4v) is 1.36. The van der Waals surface area contributed by atoms with Crippen molar-refractivity contribution < 1.29 is 0 Å². The van der Waals surface area contributed by atoms with Crippen LogP contribution in [0, 0.1) is 0 Å². The Morgan fingerprint density at radius 2 is 2.46 bits per heavy atom. The van der Waals surface area contributed by atoms with Gasteiger partial charge in [-0.1, -0.05) is 6.92 Å². The molecule has 0 aliphatic rings. The standard InChI is InChI=1S/C10H13N3/c1-7(5-11)8-4-10-9(13-6-8)2-3-12-10/h2-4,6-7,12H,5,11H2,1H3/t7-/m1/s1. The average molecular weight is 175 g/mol. The summed E-state index contributed by atoms with van der Waals surface area (Å²) >= 11 is 0. The zero-order valence-electron chi connectivity index (χ0n) is 7.62. The van der Waals surface area contributed by atoms with E-state index in [1.807, 2.05) is 18.5 Å². The maximum Gasteiger partial charge on any atom is 0.0878 e. The number of nitrogens with zero attached hydrogens (tertiary/aromatic N) is 1. The third-order valence-corrected chi connectivity index (χ3v) is 2.34. The zero-order valence-corrected chi connectivity index (χ0v) is 7.62. The van der Waals surface area contributed by atoms with Crippen LogP contribution < -0.4 is 5.73 Å². The second kappa shape index (κ2) is 3.18. The lowest BCUT2D eigenvalue weighted by molar-refractivity contribution is 0.771. The lowest BCUT2D eigenvalue weighted by Gasteiger charge is -2.07. The summed E-state index contributed by atoms with van der Waals surface area (Å²) in [6.45, 7) is 2.76. The molecule has 0 bridgehead atoms. The Hall–Kier alpha value is -1.35. The first-order valence-corrected chi connectivity index (χ1v) is 4.44. The van der Waals surface area contributed by atoms with Gasteiger partial charge in [-0.25, -0.2) is 0 Å². The summed E-state index contributed by atoms with van der Waals surface area (Å²) in [5.41, 5.74) is 8.87. The number of nitrogens with one attached hydrogen (secondary N) is 1. The number of pyridine rings is 1. The number of hydrogen-bond acceptors (Lipinski definition) is 2. The number of H-pyrrole nitrogens is 1. The first-order valence-electron chi connectivity index (χ1n) is 4.44. The maximum absolute atomic E-state index is 5.59. The SMILES string of the molecule is C[C@H](CN)c1cnc2cc[nH]c2c1. The Kier molecular flexibility index (Phi) is 2.02. The normalized spacial score (nSPS) is 13.4. The van der Waals surface area contributed by atoms with E-state index >= 15 is 0 Å². The van der Waals surface area contributed by atoms with Crippen molar-refractivity contribution in [2.45, 2.75) is 12.8 Å². The van der Waals surface area contributed by atoms with Gasteiger partial charge in [0.2, 0.25) is 0 Å². The van der Waals surface area contributed by atoms with Crippen LogP contribution in [0.2, 0.25) is 0 Å². The molecule has 3 nitrogen and oxygen atoms in total. The van der Waals surface area contributed by atoms with Gasteiger partial charge >= 0.3 is 0 Å². The molecule has 2 heterocycles. The molecule has 1 atom stereocenters. The molecule has 3 heteroatoms. The van der Waals surface area contributed by atoms with Crippen molar-refractivity contribution in [3.63, 3.8) is 0 Å². The summed E-state index contributed by atoms with van der Waals surface area (Å²) in [7, 11) is 0. The quantitative estimate of drug-likeness (QED) is 0.728. The smallest absolute Gasteiger partial charge is 0.0878 e. The predicted molar refractivity (Wildman–Crippen MR) is 53.6 cm³/mol. The topological polar surface area (TPSA) is 54.7 Å². The van der Waals surface area contributed by atoms with Crippen LogP contribution in [-0.4, -0.2) is 16.5 Å². The Morgan fingerprint density at radius 3 is 3.23 bits per heavy atom. The maximum atomic E-state index is 5.59. The third kappa shape index (κ3) is 1.42. The molecule has 0 aliphatic carbocycles. The summed E-state index contributed by atoms with van der Waals surface area (Å²) in [5, 5.41) is 0. The Labute approximate surface area is 77.0 Å². The summed E-state index contributed by atoms with van der Waals surface area (Å²) in [4.78, 5) is 7.46. The number of rotatable bonds is 2. The minimum atomic E-state index is 0.375. The monoisotopic (exact) mass is 175 g/mol. The average Bonchev–Trinajstić information content (AvgIpc) is 2.63. The lowest BCUT2D eigenvalue weighted by Crippen LogP contribution is -2.08. The molecular formula is C10H13N3. The molecular weight excluding hydrogens is 162 g/mol. The van der Waals surface area contributed by atoms with Gasteiger partial charge in [0, 0.05) is 12.4 Å². The van der Waals surface area contributed by atoms with Gasteiger partial charge in [0.05, 0.1) is 11.0 Å². The Morgan fingerprint density at radius 1 is 1.62 bits per heavy atom. The number of fused-ring (bicyclic) bond motifs is 1. The van der Waals surface area contributed by atoms with E-state index in [9.17, 15) is 0 Å². The third-order valence-electron chi connectivity index (χ3n) is 2.34. The Balaban J connectivity index is 2.48. The van der Waals surface area contributed by atoms with E-state index in [1.165, 1.54) is 5.56 Å². The van der Waals surface area contributed by atoms with Crippen molar-refractivity contribution >= 4 is 11.0 Å². The van der Waals surface area contributed by atoms with Crippen LogP contribution in [-0.2, 0) is 0 Å². The highest BCUT2D eigenvalue weighted by atomic mass is 14.8. The highest BCUT2D eigenvalue weighted by Gasteiger charge is 2.04. The van der Waals surface area contributed by atoms with Crippen LogP contribution in [0.25, 0.3) is 11.0 Å². The van der Waals surface area contributed by atoms with Crippen molar-refractivity contribution in [1.29, 1.82) is 0 Å². The molecule has 68 valence electrons. The van der Waals surface area contributed by atoms with Crippen molar-refractivity contribution in [3.8, 4) is 0 Å². The van der Waals surface area contributed by atoms with Gasteiger partial charge in [-0.2, -0.15) is 0 Å². The first-order chi connectivity index (χ1) is 6.31. The van der Waals surface area contributed by atoms with Gasteiger partial charge in [0.1, 0.15) is 0 Å². The van der Waals surface area contributed by atoms with Crippen LogP contribution in [0.1, 0.15) is 18.4 Å². The predicted octanol–water partition coefficient (Wildman–Crippen LogP) is 1.63. The van der Waals surface area contributed by atoms with Gasteiger partial charge in [-0.15, -0.1) is 0 Å². The van der Waals surface area contributed by atoms with E-state index in [2.05, 4.69) is 23.0 Å². The molecule has 2 aromatic rings. The van der Waals surface area contributed by atoms with Crippen LogP contribution in [0.3, 0.4) is 0 Å². The van der Waals surface area contributed by atoms with Crippen molar-refractivity contribution in [2.75, 3.05) is 6.54 Å². The molecule has 3 N–H and O–H groups in total. The molecule has 2 aromatic heterocycles. The highest BCUT2D eigenvalue weighted by Crippen LogP contribution is 2.17. The molecule has 0 saturated carbocycles. The number of aromatic nitrogens is 2. The summed E-state index contributed by atoms with van der Waals surface area (Å²) in [5.74, 6) is 0.375. The minimum Gasteiger partial charge on any atom is -0.360 e. The molecule has 0 unspecified atom stereocenters. The molecule has 0 saturated heterocycles. The molecule has 0 spiro atoms. The molecule has 2 rings (SSSR count). The van der Waals surface area contributed by atoms with Gasteiger partial charge < -0.3 is 10.7 Å².